The minimum Gasteiger partial charge on any atom is -0.337 e. The van der Waals surface area contributed by atoms with Crippen LogP contribution in [0.15, 0.2) is 36.7 Å². The SMILES string of the molecule is CNCc1ccccc1-n1cc[nH]c1=S. The Hall–Kier alpha value is -1.39. The first-order chi connectivity index (χ1) is 7.33. The molecule has 0 bridgehead atoms. The number of H-pyrrole nitrogens is 1. The molecule has 1 heterocycles. The quantitative estimate of drug-likeness (QED) is 0.776. The summed E-state index contributed by atoms with van der Waals surface area (Å²) in [5.41, 5.74) is 2.36. The summed E-state index contributed by atoms with van der Waals surface area (Å²) in [6, 6.07) is 8.21. The van der Waals surface area contributed by atoms with Gasteiger partial charge in [-0.3, -0.25) is 4.57 Å². The molecule has 15 heavy (non-hydrogen) atoms. The van der Waals surface area contributed by atoms with Crippen molar-refractivity contribution in [1.29, 1.82) is 0 Å². The van der Waals surface area contributed by atoms with Gasteiger partial charge < -0.3 is 10.3 Å². The number of nitrogens with one attached hydrogen (secondary N) is 2. The highest BCUT2D eigenvalue weighted by Crippen LogP contribution is 2.14. The minimum absolute atomic E-state index is 0.721. The van der Waals surface area contributed by atoms with Crippen LogP contribution in [0.25, 0.3) is 5.69 Å². The lowest BCUT2D eigenvalue weighted by Crippen LogP contribution is -2.08. The second-order valence-corrected chi connectivity index (χ2v) is 3.68. The molecule has 0 aliphatic carbocycles. The summed E-state index contributed by atoms with van der Waals surface area (Å²) >= 11 is 5.20. The van der Waals surface area contributed by atoms with Gasteiger partial charge in [-0.1, -0.05) is 18.2 Å². The lowest BCUT2D eigenvalue weighted by atomic mass is 10.2. The van der Waals surface area contributed by atoms with Crippen molar-refractivity contribution in [2.24, 2.45) is 0 Å². The smallest absolute Gasteiger partial charge is 0.181 e. The summed E-state index contributed by atoms with van der Waals surface area (Å²) in [5.74, 6) is 0. The minimum atomic E-state index is 0.721. The van der Waals surface area contributed by atoms with Crippen LogP contribution in [0.5, 0.6) is 0 Å². The number of para-hydroxylation sites is 1. The molecule has 0 fully saturated rings. The van der Waals surface area contributed by atoms with Gasteiger partial charge in [-0.05, 0) is 30.9 Å². The molecule has 0 aliphatic rings. The average Bonchev–Trinajstić information content (AvgIpc) is 2.66. The van der Waals surface area contributed by atoms with Crippen LogP contribution in [0.3, 0.4) is 0 Å². The molecule has 0 saturated carbocycles. The maximum atomic E-state index is 5.20. The second kappa shape index (κ2) is 4.42. The van der Waals surface area contributed by atoms with Crippen molar-refractivity contribution in [3.63, 3.8) is 0 Å². The van der Waals surface area contributed by atoms with E-state index in [-0.39, 0.29) is 0 Å². The maximum Gasteiger partial charge on any atom is 0.181 e. The second-order valence-electron chi connectivity index (χ2n) is 3.29. The van der Waals surface area contributed by atoms with E-state index in [2.05, 4.69) is 22.4 Å². The van der Waals surface area contributed by atoms with E-state index in [1.165, 1.54) is 5.56 Å². The van der Waals surface area contributed by atoms with Crippen molar-refractivity contribution in [2.45, 2.75) is 6.54 Å². The van der Waals surface area contributed by atoms with Crippen LogP contribution >= 0.6 is 12.2 Å². The molecule has 0 atom stereocenters. The van der Waals surface area contributed by atoms with E-state index < -0.39 is 0 Å². The number of aromatic amines is 1. The molecular weight excluding hydrogens is 206 g/mol. The predicted molar refractivity (Wildman–Crippen MR) is 63.7 cm³/mol. The normalized spacial score (nSPS) is 10.5. The van der Waals surface area contributed by atoms with Crippen LogP contribution in [0.1, 0.15) is 5.56 Å². The maximum absolute atomic E-state index is 5.20. The first-order valence-electron chi connectivity index (χ1n) is 4.82. The van der Waals surface area contributed by atoms with Crippen molar-refractivity contribution in [3.8, 4) is 5.69 Å². The van der Waals surface area contributed by atoms with Gasteiger partial charge in [-0.2, -0.15) is 0 Å². The summed E-state index contributed by atoms with van der Waals surface area (Å²) in [5, 5.41) is 3.15. The van der Waals surface area contributed by atoms with Crippen LogP contribution in [0, 0.1) is 4.77 Å². The molecule has 0 aliphatic heterocycles. The third-order valence-corrected chi connectivity index (χ3v) is 2.58. The molecule has 2 N–H and O–H groups in total. The van der Waals surface area contributed by atoms with E-state index in [4.69, 9.17) is 12.2 Å². The van der Waals surface area contributed by atoms with Gasteiger partial charge in [0.2, 0.25) is 0 Å². The van der Waals surface area contributed by atoms with E-state index in [0.29, 0.717) is 0 Å². The Morgan fingerprint density at radius 3 is 2.87 bits per heavy atom. The van der Waals surface area contributed by atoms with Gasteiger partial charge >= 0.3 is 0 Å². The van der Waals surface area contributed by atoms with E-state index in [1.54, 1.807) is 0 Å². The van der Waals surface area contributed by atoms with Gasteiger partial charge in [-0.25, -0.2) is 0 Å². The Labute approximate surface area is 93.8 Å². The zero-order valence-corrected chi connectivity index (χ0v) is 9.34. The average molecular weight is 219 g/mol. The molecule has 0 spiro atoms. The molecule has 1 aromatic heterocycles. The van der Waals surface area contributed by atoms with Crippen molar-refractivity contribution in [2.75, 3.05) is 7.05 Å². The molecule has 2 aromatic rings. The molecule has 0 unspecified atom stereocenters. The first kappa shape index (κ1) is 10.1. The van der Waals surface area contributed by atoms with Gasteiger partial charge in [0.25, 0.3) is 0 Å². The largest absolute Gasteiger partial charge is 0.337 e. The Morgan fingerprint density at radius 1 is 1.40 bits per heavy atom. The van der Waals surface area contributed by atoms with Crippen molar-refractivity contribution in [1.82, 2.24) is 14.9 Å². The Morgan fingerprint density at radius 2 is 2.20 bits per heavy atom. The molecule has 2 rings (SSSR count). The zero-order chi connectivity index (χ0) is 10.7. The van der Waals surface area contributed by atoms with E-state index in [1.807, 2.05) is 36.1 Å². The standard InChI is InChI=1S/C11H13N3S/c1-12-8-9-4-2-3-5-10(9)14-7-6-13-11(14)15/h2-7,12H,8H2,1H3,(H,13,15). The monoisotopic (exact) mass is 219 g/mol. The van der Waals surface area contributed by atoms with Gasteiger partial charge in [0, 0.05) is 18.9 Å². The molecule has 0 amide bonds. The highest BCUT2D eigenvalue weighted by atomic mass is 32.1. The zero-order valence-electron chi connectivity index (χ0n) is 8.53. The number of rotatable bonds is 3. The van der Waals surface area contributed by atoms with Gasteiger partial charge in [0.15, 0.2) is 4.77 Å². The van der Waals surface area contributed by atoms with Crippen molar-refractivity contribution < 1.29 is 0 Å². The Bertz CT molecular complexity index is 498. The number of nitrogens with zero attached hydrogens (tertiary/aromatic N) is 1. The summed E-state index contributed by atoms with van der Waals surface area (Å²) < 4.78 is 2.70. The Kier molecular flexibility index (Phi) is 2.99. The molecule has 1 aromatic carbocycles. The van der Waals surface area contributed by atoms with Gasteiger partial charge in [0.1, 0.15) is 0 Å². The number of hydrogen-bond acceptors (Lipinski definition) is 2. The first-order valence-corrected chi connectivity index (χ1v) is 5.22. The molecule has 3 nitrogen and oxygen atoms in total. The highest BCUT2D eigenvalue weighted by Gasteiger charge is 2.02. The van der Waals surface area contributed by atoms with Crippen LogP contribution in [0.2, 0.25) is 0 Å². The molecule has 0 radical (unpaired) electrons. The van der Waals surface area contributed by atoms with E-state index in [0.717, 1.165) is 17.0 Å². The van der Waals surface area contributed by atoms with Crippen molar-refractivity contribution in [3.05, 3.63) is 47.0 Å². The Balaban J connectivity index is 2.52. The summed E-state index contributed by atoms with van der Waals surface area (Å²) in [6.07, 6.45) is 3.79. The fourth-order valence-corrected chi connectivity index (χ4v) is 1.82. The van der Waals surface area contributed by atoms with E-state index >= 15 is 0 Å². The molecular formula is C11H13N3S. The summed E-state index contributed by atoms with van der Waals surface area (Å²) in [6.45, 7) is 0.836. The molecule has 0 saturated heterocycles. The number of aromatic nitrogens is 2. The summed E-state index contributed by atoms with van der Waals surface area (Å²) in [7, 11) is 1.94. The third-order valence-electron chi connectivity index (χ3n) is 2.27. The third kappa shape index (κ3) is 2.00. The summed E-state index contributed by atoms with van der Waals surface area (Å²) in [4.78, 5) is 2.99. The predicted octanol–water partition coefficient (Wildman–Crippen LogP) is 2.25. The fourth-order valence-electron chi connectivity index (χ4n) is 1.60. The van der Waals surface area contributed by atoms with Crippen molar-refractivity contribution >= 4 is 12.2 Å². The van der Waals surface area contributed by atoms with Crippen LogP contribution in [-0.2, 0) is 6.54 Å². The van der Waals surface area contributed by atoms with Gasteiger partial charge in [-0.15, -0.1) is 0 Å². The highest BCUT2D eigenvalue weighted by molar-refractivity contribution is 7.71. The fraction of sp³-hybridized carbons (Fsp3) is 0.182. The van der Waals surface area contributed by atoms with Crippen LogP contribution < -0.4 is 5.32 Å². The lowest BCUT2D eigenvalue weighted by Gasteiger charge is -2.09. The topological polar surface area (TPSA) is 32.8 Å². The van der Waals surface area contributed by atoms with Crippen LogP contribution in [0.4, 0.5) is 0 Å². The van der Waals surface area contributed by atoms with Gasteiger partial charge in [0.05, 0.1) is 5.69 Å². The molecule has 78 valence electrons. The lowest BCUT2D eigenvalue weighted by molar-refractivity contribution is 0.806. The number of imidazole rings is 1. The molecule has 4 heteroatoms. The number of benzene rings is 1. The van der Waals surface area contributed by atoms with Crippen LogP contribution in [-0.4, -0.2) is 16.6 Å². The number of hydrogen-bond donors (Lipinski definition) is 2. The van der Waals surface area contributed by atoms with E-state index in [9.17, 15) is 0 Å².